The van der Waals surface area contributed by atoms with Crippen molar-refractivity contribution in [3.63, 3.8) is 0 Å². The maximum absolute atomic E-state index is 14.2. The molecule has 6 nitrogen and oxygen atoms in total. The Labute approximate surface area is 218 Å². The molecule has 4 rings (SSSR count). The molecule has 3 aromatic carbocycles. The summed E-state index contributed by atoms with van der Waals surface area (Å²) in [5, 5.41) is 2.79. The van der Waals surface area contributed by atoms with Crippen LogP contribution in [0.4, 0.5) is 15.8 Å². The van der Waals surface area contributed by atoms with Gasteiger partial charge in [0.25, 0.3) is 11.8 Å². The van der Waals surface area contributed by atoms with E-state index in [9.17, 15) is 14.0 Å². The standard InChI is InChI=1S/C27H23FN2O4S2/c1-3-17-8-11-19(12-9-17)29-25(31)16-34-22-13-10-18(14-23(22)33-2)15-24-26(32)30(27(35)36-24)21-7-5-4-6-20(21)28/h4-15H,3,16H2,1-2H3,(H,29,31)/b24-15+. The summed E-state index contributed by atoms with van der Waals surface area (Å²) >= 11 is 6.41. The van der Waals surface area contributed by atoms with Crippen LogP contribution in [0.15, 0.2) is 71.6 Å². The van der Waals surface area contributed by atoms with Crippen molar-refractivity contribution in [1.29, 1.82) is 0 Å². The first-order valence-electron chi connectivity index (χ1n) is 11.1. The van der Waals surface area contributed by atoms with Crippen molar-refractivity contribution in [3.05, 3.63) is 88.6 Å². The largest absolute Gasteiger partial charge is 0.493 e. The zero-order valence-corrected chi connectivity index (χ0v) is 21.3. The summed E-state index contributed by atoms with van der Waals surface area (Å²) in [5.41, 5.74) is 2.65. The van der Waals surface area contributed by atoms with E-state index < -0.39 is 11.7 Å². The molecular formula is C27H23FN2O4S2. The van der Waals surface area contributed by atoms with Crippen LogP contribution in [0.5, 0.6) is 11.5 Å². The first kappa shape index (κ1) is 25.4. The lowest BCUT2D eigenvalue weighted by atomic mass is 10.1. The van der Waals surface area contributed by atoms with Crippen molar-refractivity contribution in [2.45, 2.75) is 13.3 Å². The molecule has 1 N–H and O–H groups in total. The first-order valence-corrected chi connectivity index (χ1v) is 12.3. The number of benzene rings is 3. The molecule has 9 heteroatoms. The van der Waals surface area contributed by atoms with Crippen LogP contribution in [0.25, 0.3) is 6.08 Å². The fourth-order valence-corrected chi connectivity index (χ4v) is 4.80. The fourth-order valence-electron chi connectivity index (χ4n) is 3.52. The van der Waals surface area contributed by atoms with E-state index in [1.54, 1.807) is 36.4 Å². The van der Waals surface area contributed by atoms with Crippen molar-refractivity contribution in [1.82, 2.24) is 0 Å². The Kier molecular flexibility index (Phi) is 8.02. The molecule has 1 heterocycles. The van der Waals surface area contributed by atoms with Gasteiger partial charge in [-0.1, -0.05) is 61.2 Å². The normalized spacial score (nSPS) is 14.3. The third-order valence-electron chi connectivity index (χ3n) is 5.38. The number of thioether (sulfide) groups is 1. The van der Waals surface area contributed by atoms with Gasteiger partial charge in [-0.25, -0.2) is 4.39 Å². The molecule has 0 aliphatic carbocycles. The highest BCUT2D eigenvalue weighted by molar-refractivity contribution is 8.27. The number of carbonyl (C=O) groups is 2. The molecule has 1 aliphatic rings. The van der Waals surface area contributed by atoms with Crippen LogP contribution in [0, 0.1) is 5.82 Å². The molecular weight excluding hydrogens is 499 g/mol. The zero-order valence-electron chi connectivity index (χ0n) is 19.6. The average molecular weight is 523 g/mol. The molecule has 1 aliphatic heterocycles. The van der Waals surface area contributed by atoms with E-state index in [0.29, 0.717) is 27.7 Å². The summed E-state index contributed by atoms with van der Waals surface area (Å²) in [6.07, 6.45) is 2.58. The number of amides is 2. The predicted octanol–water partition coefficient (Wildman–Crippen LogP) is 5.82. The molecule has 184 valence electrons. The quantitative estimate of drug-likeness (QED) is 0.297. The van der Waals surface area contributed by atoms with Gasteiger partial charge in [-0.05, 0) is 60.0 Å². The van der Waals surface area contributed by atoms with Crippen LogP contribution < -0.4 is 19.7 Å². The highest BCUT2D eigenvalue weighted by atomic mass is 32.2. The van der Waals surface area contributed by atoms with E-state index in [4.69, 9.17) is 21.7 Å². The lowest BCUT2D eigenvalue weighted by Gasteiger charge is -2.15. The van der Waals surface area contributed by atoms with Gasteiger partial charge in [-0.15, -0.1) is 0 Å². The second-order valence-corrected chi connectivity index (χ2v) is 9.44. The molecule has 2 amide bonds. The Morgan fingerprint density at radius 2 is 1.86 bits per heavy atom. The van der Waals surface area contributed by atoms with Crippen LogP contribution in [0.1, 0.15) is 18.1 Å². The Morgan fingerprint density at radius 1 is 1.11 bits per heavy atom. The second-order valence-electron chi connectivity index (χ2n) is 7.77. The van der Waals surface area contributed by atoms with Crippen LogP contribution >= 0.6 is 24.0 Å². The topological polar surface area (TPSA) is 67.9 Å². The summed E-state index contributed by atoms with van der Waals surface area (Å²) in [6, 6.07) is 18.7. The fraction of sp³-hybridized carbons (Fsp3) is 0.148. The van der Waals surface area contributed by atoms with E-state index in [0.717, 1.165) is 18.2 Å². The predicted molar refractivity (Wildman–Crippen MR) is 145 cm³/mol. The number of rotatable bonds is 8. The van der Waals surface area contributed by atoms with Gasteiger partial charge >= 0.3 is 0 Å². The van der Waals surface area contributed by atoms with Gasteiger partial charge in [-0.2, -0.15) is 0 Å². The number of nitrogens with zero attached hydrogens (tertiary/aromatic N) is 1. The molecule has 0 bridgehead atoms. The molecule has 0 saturated carbocycles. The van der Waals surface area contributed by atoms with Crippen molar-refractivity contribution in [2.75, 3.05) is 23.9 Å². The molecule has 0 unspecified atom stereocenters. The molecule has 0 aromatic heterocycles. The minimum Gasteiger partial charge on any atom is -0.493 e. The number of methoxy groups -OCH3 is 1. The molecule has 3 aromatic rings. The van der Waals surface area contributed by atoms with E-state index in [2.05, 4.69) is 12.2 Å². The van der Waals surface area contributed by atoms with E-state index in [1.165, 1.54) is 29.7 Å². The summed E-state index contributed by atoms with van der Waals surface area (Å²) in [4.78, 5) is 26.8. The summed E-state index contributed by atoms with van der Waals surface area (Å²) in [5.74, 6) is -0.459. The Bertz CT molecular complexity index is 1340. The highest BCUT2D eigenvalue weighted by Crippen LogP contribution is 2.38. The smallest absolute Gasteiger partial charge is 0.270 e. The molecule has 36 heavy (non-hydrogen) atoms. The van der Waals surface area contributed by atoms with E-state index in [-0.39, 0.29) is 22.5 Å². The van der Waals surface area contributed by atoms with Gasteiger partial charge in [0.1, 0.15) is 5.82 Å². The van der Waals surface area contributed by atoms with Crippen molar-refractivity contribution in [2.24, 2.45) is 0 Å². The number of aryl methyl sites for hydroxylation is 1. The van der Waals surface area contributed by atoms with Crippen molar-refractivity contribution < 1.29 is 23.5 Å². The van der Waals surface area contributed by atoms with Crippen LogP contribution in [-0.2, 0) is 16.0 Å². The van der Waals surface area contributed by atoms with Crippen LogP contribution in [-0.4, -0.2) is 29.9 Å². The lowest BCUT2D eigenvalue weighted by Crippen LogP contribution is -2.28. The lowest BCUT2D eigenvalue weighted by molar-refractivity contribution is -0.118. The molecule has 0 radical (unpaired) electrons. The van der Waals surface area contributed by atoms with E-state index in [1.807, 2.05) is 24.3 Å². The highest BCUT2D eigenvalue weighted by Gasteiger charge is 2.34. The van der Waals surface area contributed by atoms with Gasteiger partial charge in [0, 0.05) is 5.69 Å². The SMILES string of the molecule is CCc1ccc(NC(=O)COc2ccc(/C=C3/SC(=S)N(c4ccccc4F)C3=O)cc2OC)cc1. The minimum atomic E-state index is -0.528. The number of hydrogen-bond donors (Lipinski definition) is 1. The Morgan fingerprint density at radius 3 is 2.56 bits per heavy atom. The number of hydrogen-bond acceptors (Lipinski definition) is 6. The van der Waals surface area contributed by atoms with Gasteiger partial charge in [0.2, 0.25) is 0 Å². The maximum Gasteiger partial charge on any atom is 0.270 e. The monoisotopic (exact) mass is 522 g/mol. The number of anilines is 2. The first-order chi connectivity index (χ1) is 17.4. The van der Waals surface area contributed by atoms with Crippen molar-refractivity contribution >= 4 is 57.6 Å². The second kappa shape index (κ2) is 11.4. The van der Waals surface area contributed by atoms with Gasteiger partial charge in [0.15, 0.2) is 22.4 Å². The zero-order chi connectivity index (χ0) is 25.7. The summed E-state index contributed by atoms with van der Waals surface area (Å²) in [7, 11) is 1.49. The summed E-state index contributed by atoms with van der Waals surface area (Å²) < 4.78 is 25.5. The number of para-hydroxylation sites is 1. The molecule has 0 atom stereocenters. The average Bonchev–Trinajstić information content (AvgIpc) is 3.16. The number of nitrogens with one attached hydrogen (secondary N) is 1. The number of carbonyl (C=O) groups excluding carboxylic acids is 2. The van der Waals surface area contributed by atoms with Crippen molar-refractivity contribution in [3.8, 4) is 11.5 Å². The van der Waals surface area contributed by atoms with Gasteiger partial charge in [0.05, 0.1) is 17.7 Å². The Balaban J connectivity index is 1.44. The van der Waals surface area contributed by atoms with Crippen LogP contribution in [0.2, 0.25) is 0 Å². The van der Waals surface area contributed by atoms with Gasteiger partial charge in [-0.3, -0.25) is 14.5 Å². The van der Waals surface area contributed by atoms with Crippen LogP contribution in [0.3, 0.4) is 0 Å². The van der Waals surface area contributed by atoms with E-state index >= 15 is 0 Å². The molecule has 1 saturated heterocycles. The van der Waals surface area contributed by atoms with Gasteiger partial charge < -0.3 is 14.8 Å². The molecule has 0 spiro atoms. The number of halogens is 1. The Hall–Kier alpha value is -3.69. The third kappa shape index (κ3) is 5.75. The number of thiocarbonyl (C=S) groups is 1. The minimum absolute atomic E-state index is 0.115. The maximum atomic E-state index is 14.2. The molecule has 1 fully saturated rings. The summed E-state index contributed by atoms with van der Waals surface area (Å²) in [6.45, 7) is 1.86. The number of ether oxygens (including phenoxy) is 2. The third-order valence-corrected chi connectivity index (χ3v) is 6.68.